The quantitative estimate of drug-likeness (QED) is 0.885. The average Bonchev–Trinajstić information content (AvgIpc) is 2.42. The molecule has 0 saturated carbocycles. The molecule has 0 aliphatic carbocycles. The van der Waals surface area contributed by atoms with Gasteiger partial charge in [0.2, 0.25) is 0 Å². The van der Waals surface area contributed by atoms with Gasteiger partial charge in [-0.15, -0.1) is 0 Å². The molecule has 0 atom stereocenters. The number of carbonyl (C=O) groups is 1. The Morgan fingerprint density at radius 3 is 2.45 bits per heavy atom. The zero-order valence-corrected chi connectivity index (χ0v) is 11.0. The van der Waals surface area contributed by atoms with Crippen molar-refractivity contribution in [1.29, 1.82) is 0 Å². The first-order chi connectivity index (χ1) is 9.56. The minimum Gasteiger partial charge on any atom is -0.334 e. The molecule has 0 aliphatic heterocycles. The van der Waals surface area contributed by atoms with Crippen LogP contribution in [0.1, 0.15) is 5.56 Å². The Hall–Kier alpha value is -2.14. The van der Waals surface area contributed by atoms with Crippen LogP contribution in [0, 0.1) is 11.6 Å². The maximum Gasteiger partial charge on any atom is 0.319 e. The van der Waals surface area contributed by atoms with E-state index in [1.165, 1.54) is 30.3 Å². The van der Waals surface area contributed by atoms with Crippen LogP contribution in [0.15, 0.2) is 42.5 Å². The summed E-state index contributed by atoms with van der Waals surface area (Å²) in [5, 5.41) is 4.97. The van der Waals surface area contributed by atoms with E-state index >= 15 is 0 Å². The van der Waals surface area contributed by atoms with Crippen LogP contribution < -0.4 is 10.6 Å². The number of anilines is 1. The number of hydrogen-bond acceptors (Lipinski definition) is 1. The fourth-order valence-electron chi connectivity index (χ4n) is 1.56. The van der Waals surface area contributed by atoms with Crippen LogP contribution in [0.4, 0.5) is 19.3 Å². The lowest BCUT2D eigenvalue weighted by Gasteiger charge is -2.09. The van der Waals surface area contributed by atoms with Crippen molar-refractivity contribution in [3.63, 3.8) is 0 Å². The molecule has 2 N–H and O–H groups in total. The number of carbonyl (C=O) groups excluding carboxylic acids is 1. The van der Waals surface area contributed by atoms with E-state index in [1.54, 1.807) is 12.1 Å². The van der Waals surface area contributed by atoms with Crippen LogP contribution in [0.25, 0.3) is 0 Å². The Balaban J connectivity index is 1.94. The molecule has 0 radical (unpaired) electrons. The molecule has 0 fully saturated rings. The molecule has 3 nitrogen and oxygen atoms in total. The summed E-state index contributed by atoms with van der Waals surface area (Å²) in [5.41, 5.74) is 0.645. The molecule has 0 bridgehead atoms. The first-order valence-electron chi connectivity index (χ1n) is 5.79. The van der Waals surface area contributed by atoms with Gasteiger partial charge < -0.3 is 10.6 Å². The van der Waals surface area contributed by atoms with E-state index < -0.39 is 11.8 Å². The van der Waals surface area contributed by atoms with Gasteiger partial charge in [-0.25, -0.2) is 13.6 Å². The SMILES string of the molecule is O=C(NCc1ccc(F)cc1)Nc1c(F)cccc1Cl. The van der Waals surface area contributed by atoms with Gasteiger partial charge in [-0.2, -0.15) is 0 Å². The third-order valence-electron chi connectivity index (χ3n) is 2.57. The van der Waals surface area contributed by atoms with E-state index in [9.17, 15) is 13.6 Å². The Morgan fingerprint density at radius 1 is 1.10 bits per heavy atom. The Kier molecular flexibility index (Phi) is 4.53. The standard InChI is InChI=1S/C14H11ClF2N2O/c15-11-2-1-3-12(17)13(11)19-14(20)18-8-9-4-6-10(16)7-5-9/h1-7H,8H2,(H2,18,19,20). The summed E-state index contributed by atoms with van der Waals surface area (Å²) < 4.78 is 26.2. The van der Waals surface area contributed by atoms with Crippen LogP contribution in [0.3, 0.4) is 0 Å². The van der Waals surface area contributed by atoms with E-state index in [0.717, 1.165) is 5.56 Å². The number of nitrogens with one attached hydrogen (secondary N) is 2. The summed E-state index contributed by atoms with van der Waals surface area (Å²) in [7, 11) is 0. The second-order valence-electron chi connectivity index (χ2n) is 4.03. The summed E-state index contributed by atoms with van der Waals surface area (Å²) in [5.74, 6) is -0.967. The topological polar surface area (TPSA) is 41.1 Å². The molecule has 0 heterocycles. The summed E-state index contributed by atoms with van der Waals surface area (Å²) in [6.45, 7) is 0.193. The number of halogens is 3. The van der Waals surface area contributed by atoms with E-state index in [4.69, 9.17) is 11.6 Å². The van der Waals surface area contributed by atoms with Crippen molar-refractivity contribution in [3.05, 3.63) is 64.7 Å². The van der Waals surface area contributed by atoms with E-state index in [1.807, 2.05) is 0 Å². The zero-order valence-electron chi connectivity index (χ0n) is 10.3. The van der Waals surface area contributed by atoms with Crippen molar-refractivity contribution in [1.82, 2.24) is 5.32 Å². The molecule has 0 aliphatic rings. The van der Waals surface area contributed by atoms with Gasteiger partial charge in [-0.05, 0) is 29.8 Å². The molecule has 0 aromatic heterocycles. The highest BCUT2D eigenvalue weighted by molar-refractivity contribution is 6.33. The maximum atomic E-state index is 13.4. The molecule has 2 aromatic rings. The summed E-state index contributed by atoms with van der Waals surface area (Å²) in [4.78, 5) is 11.6. The number of hydrogen-bond donors (Lipinski definition) is 2. The van der Waals surface area contributed by atoms with Gasteiger partial charge in [0, 0.05) is 6.54 Å². The lowest BCUT2D eigenvalue weighted by atomic mass is 10.2. The highest BCUT2D eigenvalue weighted by Gasteiger charge is 2.10. The van der Waals surface area contributed by atoms with Crippen molar-refractivity contribution in [2.24, 2.45) is 0 Å². The Labute approximate surface area is 119 Å². The van der Waals surface area contributed by atoms with Gasteiger partial charge in [0.1, 0.15) is 11.6 Å². The molecule has 20 heavy (non-hydrogen) atoms. The smallest absolute Gasteiger partial charge is 0.319 e. The van der Waals surface area contributed by atoms with Gasteiger partial charge in [0.15, 0.2) is 0 Å². The maximum absolute atomic E-state index is 13.4. The van der Waals surface area contributed by atoms with Gasteiger partial charge in [0.25, 0.3) is 0 Å². The first-order valence-corrected chi connectivity index (χ1v) is 6.17. The molecule has 0 unspecified atom stereocenters. The highest BCUT2D eigenvalue weighted by Crippen LogP contribution is 2.24. The van der Waals surface area contributed by atoms with Crippen LogP contribution in [0.5, 0.6) is 0 Å². The normalized spacial score (nSPS) is 10.2. The number of rotatable bonds is 3. The zero-order chi connectivity index (χ0) is 14.5. The lowest BCUT2D eigenvalue weighted by Crippen LogP contribution is -2.28. The predicted molar refractivity (Wildman–Crippen MR) is 73.7 cm³/mol. The minimum atomic E-state index is -0.616. The van der Waals surface area contributed by atoms with E-state index in [0.29, 0.717) is 0 Å². The van der Waals surface area contributed by atoms with Crippen molar-refractivity contribution < 1.29 is 13.6 Å². The first kappa shape index (κ1) is 14.3. The summed E-state index contributed by atoms with van der Waals surface area (Å²) in [6.07, 6.45) is 0. The second-order valence-corrected chi connectivity index (χ2v) is 4.44. The molecule has 0 spiro atoms. The molecule has 104 valence electrons. The number of amides is 2. The number of benzene rings is 2. The monoisotopic (exact) mass is 296 g/mol. The van der Waals surface area contributed by atoms with Gasteiger partial charge >= 0.3 is 6.03 Å². The van der Waals surface area contributed by atoms with Crippen LogP contribution in [0.2, 0.25) is 5.02 Å². The van der Waals surface area contributed by atoms with Crippen molar-refractivity contribution >= 4 is 23.3 Å². The van der Waals surface area contributed by atoms with Crippen LogP contribution in [-0.2, 0) is 6.54 Å². The third-order valence-corrected chi connectivity index (χ3v) is 2.88. The molecule has 2 rings (SSSR count). The van der Waals surface area contributed by atoms with Crippen molar-refractivity contribution in [2.45, 2.75) is 6.54 Å². The fourth-order valence-corrected chi connectivity index (χ4v) is 1.77. The third kappa shape index (κ3) is 3.68. The number of para-hydroxylation sites is 1. The Bertz CT molecular complexity index is 597. The molecular formula is C14H11ClF2N2O. The summed E-state index contributed by atoms with van der Waals surface area (Å²) in [6, 6.07) is 9.20. The molecule has 0 saturated heterocycles. The average molecular weight is 297 g/mol. The highest BCUT2D eigenvalue weighted by atomic mass is 35.5. The molecular weight excluding hydrogens is 286 g/mol. The second kappa shape index (κ2) is 6.34. The minimum absolute atomic E-state index is 0.0780. The van der Waals surface area contributed by atoms with Gasteiger partial charge in [-0.3, -0.25) is 0 Å². The molecule has 6 heteroatoms. The van der Waals surface area contributed by atoms with Gasteiger partial charge in [0.05, 0.1) is 10.7 Å². The fraction of sp³-hybridized carbons (Fsp3) is 0.0714. The summed E-state index contributed by atoms with van der Waals surface area (Å²) >= 11 is 5.78. The molecule has 2 aromatic carbocycles. The van der Waals surface area contributed by atoms with Crippen LogP contribution in [-0.4, -0.2) is 6.03 Å². The molecule has 2 amide bonds. The van der Waals surface area contributed by atoms with E-state index in [-0.39, 0.29) is 23.1 Å². The van der Waals surface area contributed by atoms with Crippen molar-refractivity contribution in [2.75, 3.05) is 5.32 Å². The number of urea groups is 1. The van der Waals surface area contributed by atoms with Crippen LogP contribution >= 0.6 is 11.6 Å². The predicted octanol–water partition coefficient (Wildman–Crippen LogP) is 3.94. The van der Waals surface area contributed by atoms with E-state index in [2.05, 4.69) is 10.6 Å². The Morgan fingerprint density at radius 2 is 1.80 bits per heavy atom. The van der Waals surface area contributed by atoms with Gasteiger partial charge in [-0.1, -0.05) is 29.8 Å². The lowest BCUT2D eigenvalue weighted by molar-refractivity contribution is 0.251. The largest absolute Gasteiger partial charge is 0.334 e. The van der Waals surface area contributed by atoms with Crippen molar-refractivity contribution in [3.8, 4) is 0 Å².